The fraction of sp³-hybridized carbons (Fsp3) is 0. The van der Waals surface area contributed by atoms with Crippen LogP contribution in [0.2, 0.25) is 5.02 Å². The summed E-state index contributed by atoms with van der Waals surface area (Å²) in [6.07, 6.45) is 1.43. The molecule has 128 valence electrons. The van der Waals surface area contributed by atoms with Crippen molar-refractivity contribution in [3.63, 3.8) is 0 Å². The molecule has 0 aliphatic carbocycles. The Labute approximate surface area is 157 Å². The third-order valence-corrected chi connectivity index (χ3v) is 4.37. The summed E-state index contributed by atoms with van der Waals surface area (Å²) in [7, 11) is 0. The van der Waals surface area contributed by atoms with Crippen LogP contribution in [-0.2, 0) is 0 Å². The Bertz CT molecular complexity index is 1250. The molecule has 4 rings (SSSR count). The van der Waals surface area contributed by atoms with Gasteiger partial charge in [0.15, 0.2) is 10.6 Å². The number of aromatic amines is 1. The standard InChI is InChI=1S/C18H11ClN4O2S/c19-10-5-7-11(8-6-10)23-17(25)12(16(24)22-18(23)26)9-15-20-13-3-1-2-4-14(13)21-15/h1-9,25H,(H,22,24,26). The molecule has 0 atom stereocenters. The highest BCUT2D eigenvalue weighted by Crippen LogP contribution is 2.23. The van der Waals surface area contributed by atoms with E-state index < -0.39 is 5.56 Å². The minimum absolute atomic E-state index is 0.0175. The number of nitrogens with zero attached hydrogens (tertiary/aromatic N) is 3. The number of hydrogen-bond donors (Lipinski definition) is 2. The molecule has 0 bridgehead atoms. The summed E-state index contributed by atoms with van der Waals surface area (Å²) in [4.78, 5) is 23.6. The quantitative estimate of drug-likeness (QED) is 0.668. The lowest BCUT2D eigenvalue weighted by Crippen LogP contribution is -2.19. The number of rotatable bonds is 2. The zero-order valence-electron chi connectivity index (χ0n) is 13.2. The van der Waals surface area contributed by atoms with Crippen molar-refractivity contribution < 1.29 is 5.11 Å². The predicted molar refractivity (Wildman–Crippen MR) is 101 cm³/mol. The van der Waals surface area contributed by atoms with E-state index in [4.69, 9.17) is 23.8 Å². The Kier molecular flexibility index (Phi) is 4.02. The normalized spacial score (nSPS) is 12.3. The van der Waals surface area contributed by atoms with Crippen LogP contribution in [0.15, 0.2) is 69.1 Å². The number of hydrogen-bond acceptors (Lipinski definition) is 5. The Balaban J connectivity index is 1.91. The van der Waals surface area contributed by atoms with Crippen LogP contribution in [0.1, 0.15) is 5.56 Å². The molecule has 0 spiro atoms. The van der Waals surface area contributed by atoms with E-state index in [1.807, 2.05) is 24.3 Å². The van der Waals surface area contributed by atoms with Crippen LogP contribution < -0.4 is 16.3 Å². The van der Waals surface area contributed by atoms with Crippen LogP contribution in [0, 0.1) is 4.77 Å². The first-order valence-electron chi connectivity index (χ1n) is 7.61. The van der Waals surface area contributed by atoms with Gasteiger partial charge in [0, 0.05) is 11.1 Å². The van der Waals surface area contributed by atoms with Crippen molar-refractivity contribution >= 4 is 29.9 Å². The zero-order chi connectivity index (χ0) is 18.3. The van der Waals surface area contributed by atoms with Crippen LogP contribution in [0.4, 0.5) is 0 Å². The third kappa shape index (κ3) is 2.87. The summed E-state index contributed by atoms with van der Waals surface area (Å²) in [6.45, 7) is 0. The van der Waals surface area contributed by atoms with E-state index in [2.05, 4.69) is 15.0 Å². The van der Waals surface area contributed by atoms with Gasteiger partial charge in [-0.2, -0.15) is 0 Å². The fourth-order valence-corrected chi connectivity index (χ4v) is 3.03. The summed E-state index contributed by atoms with van der Waals surface area (Å²) >= 11 is 11.1. The molecule has 0 radical (unpaired) electrons. The molecule has 26 heavy (non-hydrogen) atoms. The molecular formula is C18H11ClN4O2S. The van der Waals surface area contributed by atoms with E-state index >= 15 is 0 Å². The van der Waals surface area contributed by atoms with Crippen LogP contribution in [0.25, 0.3) is 11.8 Å². The van der Waals surface area contributed by atoms with Gasteiger partial charge in [0.2, 0.25) is 5.88 Å². The first-order valence-corrected chi connectivity index (χ1v) is 8.40. The average molecular weight is 383 g/mol. The van der Waals surface area contributed by atoms with Crippen molar-refractivity contribution in [3.8, 4) is 11.6 Å². The highest BCUT2D eigenvalue weighted by molar-refractivity contribution is 7.71. The molecule has 1 aliphatic heterocycles. The second-order valence-electron chi connectivity index (χ2n) is 5.52. The second kappa shape index (κ2) is 6.36. The molecule has 0 unspecified atom stereocenters. The SMILES string of the molecule is O=c1[nH]c(=S)n(-c2ccc(Cl)cc2)c(O)c1C=C1N=c2ccccc2=N1. The van der Waals surface area contributed by atoms with Gasteiger partial charge >= 0.3 is 0 Å². The van der Waals surface area contributed by atoms with E-state index in [0.717, 1.165) is 0 Å². The van der Waals surface area contributed by atoms with Gasteiger partial charge in [-0.3, -0.25) is 14.3 Å². The molecule has 0 saturated carbocycles. The minimum Gasteiger partial charge on any atom is -0.494 e. The van der Waals surface area contributed by atoms with Gasteiger partial charge in [-0.25, -0.2) is 9.98 Å². The van der Waals surface area contributed by atoms with Crippen molar-refractivity contribution in [2.75, 3.05) is 0 Å². The molecule has 0 amide bonds. The summed E-state index contributed by atoms with van der Waals surface area (Å²) < 4.78 is 1.42. The van der Waals surface area contributed by atoms with Crippen LogP contribution in [-0.4, -0.2) is 14.7 Å². The Hall–Kier alpha value is -3.03. The van der Waals surface area contributed by atoms with E-state index in [0.29, 0.717) is 27.2 Å². The van der Waals surface area contributed by atoms with E-state index in [-0.39, 0.29) is 16.2 Å². The highest BCUT2D eigenvalue weighted by Gasteiger charge is 2.14. The number of fused-ring (bicyclic) bond motifs is 1. The monoisotopic (exact) mass is 382 g/mol. The van der Waals surface area contributed by atoms with E-state index in [1.54, 1.807) is 24.3 Å². The molecule has 2 N–H and O–H groups in total. The lowest BCUT2D eigenvalue weighted by molar-refractivity contribution is 0.432. The van der Waals surface area contributed by atoms with Gasteiger partial charge in [-0.05, 0) is 48.6 Å². The van der Waals surface area contributed by atoms with Crippen molar-refractivity contribution in [3.05, 3.63) is 90.8 Å². The van der Waals surface area contributed by atoms with Crippen LogP contribution >= 0.6 is 23.8 Å². The van der Waals surface area contributed by atoms with Gasteiger partial charge in [-0.1, -0.05) is 23.7 Å². The number of halogens is 1. The first-order chi connectivity index (χ1) is 12.5. The second-order valence-corrected chi connectivity index (χ2v) is 6.35. The molecule has 1 aliphatic rings. The Morgan fingerprint density at radius 3 is 2.31 bits per heavy atom. The van der Waals surface area contributed by atoms with Gasteiger partial charge in [-0.15, -0.1) is 0 Å². The smallest absolute Gasteiger partial charge is 0.262 e. The molecule has 1 aromatic heterocycles. The molecule has 0 saturated heterocycles. The predicted octanol–water partition coefficient (Wildman–Crippen LogP) is 2.51. The van der Waals surface area contributed by atoms with Crippen LogP contribution in [0.5, 0.6) is 5.88 Å². The van der Waals surface area contributed by atoms with Gasteiger partial charge in [0.05, 0.1) is 16.4 Å². The van der Waals surface area contributed by atoms with Crippen molar-refractivity contribution in [1.82, 2.24) is 9.55 Å². The van der Waals surface area contributed by atoms with E-state index in [9.17, 15) is 9.90 Å². The first kappa shape index (κ1) is 16.4. The number of aromatic hydroxyl groups is 1. The molecule has 6 nitrogen and oxygen atoms in total. The molecular weight excluding hydrogens is 372 g/mol. The number of H-pyrrole nitrogens is 1. The third-order valence-electron chi connectivity index (χ3n) is 3.83. The maximum absolute atomic E-state index is 12.3. The van der Waals surface area contributed by atoms with Crippen molar-refractivity contribution in [1.29, 1.82) is 0 Å². The molecule has 3 aromatic rings. The summed E-state index contributed by atoms with van der Waals surface area (Å²) in [6, 6.07) is 14.1. The number of aromatic nitrogens is 2. The van der Waals surface area contributed by atoms with Gasteiger partial charge < -0.3 is 5.11 Å². The summed E-state index contributed by atoms with van der Waals surface area (Å²) in [5.74, 6) is 0.0294. The molecule has 0 fully saturated rings. The van der Waals surface area contributed by atoms with Crippen LogP contribution in [0.3, 0.4) is 0 Å². The lowest BCUT2D eigenvalue weighted by atomic mass is 10.2. The number of para-hydroxylation sites is 2. The largest absolute Gasteiger partial charge is 0.494 e. The average Bonchev–Trinajstić information content (AvgIpc) is 3.03. The zero-order valence-corrected chi connectivity index (χ0v) is 14.8. The number of nitrogens with one attached hydrogen (secondary N) is 1. The molecule has 2 aromatic carbocycles. The highest BCUT2D eigenvalue weighted by atomic mass is 35.5. The molecule has 8 heteroatoms. The van der Waals surface area contributed by atoms with Crippen molar-refractivity contribution in [2.45, 2.75) is 0 Å². The maximum Gasteiger partial charge on any atom is 0.262 e. The lowest BCUT2D eigenvalue weighted by Gasteiger charge is -2.11. The van der Waals surface area contributed by atoms with E-state index in [1.165, 1.54) is 10.6 Å². The summed E-state index contributed by atoms with van der Waals surface area (Å²) in [5.41, 5.74) is 0.0619. The minimum atomic E-state index is -0.522. The fourth-order valence-electron chi connectivity index (χ4n) is 2.62. The summed E-state index contributed by atoms with van der Waals surface area (Å²) in [5, 5.41) is 12.6. The van der Waals surface area contributed by atoms with Crippen molar-refractivity contribution in [2.24, 2.45) is 9.98 Å². The topological polar surface area (TPSA) is 82.7 Å². The number of benzene rings is 2. The van der Waals surface area contributed by atoms with Gasteiger partial charge in [0.1, 0.15) is 5.56 Å². The Morgan fingerprint density at radius 2 is 1.69 bits per heavy atom. The Morgan fingerprint density at radius 1 is 1.08 bits per heavy atom. The maximum atomic E-state index is 12.3. The molecule has 2 heterocycles. The van der Waals surface area contributed by atoms with Gasteiger partial charge in [0.25, 0.3) is 5.56 Å².